The predicted octanol–water partition coefficient (Wildman–Crippen LogP) is 5.07. The van der Waals surface area contributed by atoms with Gasteiger partial charge in [-0.1, -0.05) is 37.8 Å². The largest absolute Gasteiger partial charge is 0.468 e. The van der Waals surface area contributed by atoms with Crippen LogP contribution in [0.25, 0.3) is 10.9 Å². The maximum atomic E-state index is 13.0. The van der Waals surface area contributed by atoms with E-state index in [4.69, 9.17) is 4.42 Å². The fourth-order valence-electron chi connectivity index (χ4n) is 5.20. The van der Waals surface area contributed by atoms with Gasteiger partial charge in [0.25, 0.3) is 5.56 Å². The average Bonchev–Trinajstić information content (AvgIpc) is 3.53. The van der Waals surface area contributed by atoms with Crippen molar-refractivity contribution in [3.05, 3.63) is 75.7 Å². The predicted molar refractivity (Wildman–Crippen MR) is 130 cm³/mol. The van der Waals surface area contributed by atoms with E-state index in [1.54, 1.807) is 6.26 Å². The van der Waals surface area contributed by atoms with Crippen molar-refractivity contribution >= 4 is 10.9 Å². The summed E-state index contributed by atoms with van der Waals surface area (Å²) in [5.74, 6) is 1.72. The molecule has 3 heterocycles. The summed E-state index contributed by atoms with van der Waals surface area (Å²) in [4.78, 5) is 18.3. The first kappa shape index (κ1) is 22.5. The monoisotopic (exact) mass is 460 g/mol. The van der Waals surface area contributed by atoms with E-state index in [2.05, 4.69) is 45.3 Å². The van der Waals surface area contributed by atoms with Gasteiger partial charge in [-0.3, -0.25) is 9.69 Å². The van der Waals surface area contributed by atoms with Crippen LogP contribution in [-0.4, -0.2) is 30.1 Å². The number of aromatic nitrogens is 5. The van der Waals surface area contributed by atoms with Crippen molar-refractivity contribution in [1.29, 1.82) is 0 Å². The first-order valence-corrected chi connectivity index (χ1v) is 12.3. The molecule has 0 radical (unpaired) electrons. The standard InChI is InChI=1S/C26H32N6O2/c1-3-24(25-28-29-30-32(25)21-8-5-4-6-9-21)31(17-22-10-7-13-34-22)16-20-15-19-14-18(2)11-12-23(19)27-26(20)33/h7,10-15,21,24H,3-6,8-9,16-17H2,1-2H3,(H,27,33). The summed E-state index contributed by atoms with van der Waals surface area (Å²) in [6.07, 6.45) is 8.42. The number of pyridine rings is 1. The first-order chi connectivity index (χ1) is 16.6. The number of tetrazole rings is 1. The molecule has 0 bridgehead atoms. The Labute approximate surface area is 199 Å². The molecule has 1 aromatic carbocycles. The number of nitrogens with one attached hydrogen (secondary N) is 1. The molecule has 0 saturated heterocycles. The first-order valence-electron chi connectivity index (χ1n) is 12.3. The topological polar surface area (TPSA) is 92.8 Å². The molecule has 1 atom stereocenters. The zero-order chi connectivity index (χ0) is 23.5. The number of furan rings is 1. The normalized spacial score (nSPS) is 15.9. The van der Waals surface area contributed by atoms with Crippen molar-refractivity contribution in [2.24, 2.45) is 0 Å². The number of aromatic amines is 1. The summed E-state index contributed by atoms with van der Waals surface area (Å²) < 4.78 is 7.73. The van der Waals surface area contributed by atoms with E-state index >= 15 is 0 Å². The number of rotatable bonds is 8. The maximum absolute atomic E-state index is 13.0. The van der Waals surface area contributed by atoms with Crippen LogP contribution in [0, 0.1) is 6.92 Å². The molecule has 8 nitrogen and oxygen atoms in total. The second-order valence-electron chi connectivity index (χ2n) is 9.40. The molecule has 0 aliphatic heterocycles. The number of benzene rings is 1. The second kappa shape index (κ2) is 9.93. The quantitative estimate of drug-likeness (QED) is 0.394. The third-order valence-corrected chi connectivity index (χ3v) is 6.95. The Balaban J connectivity index is 1.51. The van der Waals surface area contributed by atoms with Crippen molar-refractivity contribution < 1.29 is 4.42 Å². The number of hydrogen-bond donors (Lipinski definition) is 1. The Morgan fingerprint density at radius 2 is 2.03 bits per heavy atom. The smallest absolute Gasteiger partial charge is 0.252 e. The van der Waals surface area contributed by atoms with E-state index in [9.17, 15) is 4.79 Å². The lowest BCUT2D eigenvalue weighted by Crippen LogP contribution is -2.33. The van der Waals surface area contributed by atoms with Crippen LogP contribution in [0.2, 0.25) is 0 Å². The Morgan fingerprint density at radius 1 is 1.18 bits per heavy atom. The van der Waals surface area contributed by atoms with Gasteiger partial charge in [0.05, 0.1) is 24.9 Å². The molecule has 1 aliphatic rings. The van der Waals surface area contributed by atoms with Crippen LogP contribution in [0.3, 0.4) is 0 Å². The summed E-state index contributed by atoms with van der Waals surface area (Å²) in [6, 6.07) is 12.2. The SMILES string of the molecule is CCC(c1nnnn1C1CCCCC1)N(Cc1ccco1)Cc1cc2cc(C)ccc2[nH]c1=O. The van der Waals surface area contributed by atoms with Crippen molar-refractivity contribution in [3.63, 3.8) is 0 Å². The molecule has 3 aromatic heterocycles. The number of aryl methyl sites for hydroxylation is 1. The van der Waals surface area contributed by atoms with Gasteiger partial charge in [0.15, 0.2) is 5.82 Å². The minimum atomic E-state index is -0.0671. The van der Waals surface area contributed by atoms with E-state index in [1.807, 2.05) is 35.0 Å². The van der Waals surface area contributed by atoms with Crippen LogP contribution >= 0.6 is 0 Å². The Hall–Kier alpha value is -3.26. The third kappa shape index (κ3) is 4.68. The summed E-state index contributed by atoms with van der Waals surface area (Å²) in [5.41, 5.74) is 2.67. The summed E-state index contributed by atoms with van der Waals surface area (Å²) in [7, 11) is 0. The molecule has 1 N–H and O–H groups in total. The van der Waals surface area contributed by atoms with E-state index in [1.165, 1.54) is 19.3 Å². The minimum absolute atomic E-state index is 0.0466. The molecule has 4 aromatic rings. The number of H-pyrrole nitrogens is 1. The lowest BCUT2D eigenvalue weighted by Gasteiger charge is -2.31. The highest BCUT2D eigenvalue weighted by molar-refractivity contribution is 5.79. The van der Waals surface area contributed by atoms with Crippen molar-refractivity contribution in [1.82, 2.24) is 30.1 Å². The third-order valence-electron chi connectivity index (χ3n) is 6.95. The van der Waals surface area contributed by atoms with Crippen LogP contribution in [0.4, 0.5) is 0 Å². The molecule has 1 fully saturated rings. The van der Waals surface area contributed by atoms with Crippen LogP contribution in [-0.2, 0) is 13.1 Å². The molecular weight excluding hydrogens is 428 g/mol. The van der Waals surface area contributed by atoms with E-state index in [-0.39, 0.29) is 11.6 Å². The molecule has 0 amide bonds. The summed E-state index contributed by atoms with van der Waals surface area (Å²) >= 11 is 0. The van der Waals surface area contributed by atoms with Crippen LogP contribution in [0.15, 0.2) is 51.9 Å². The zero-order valence-electron chi connectivity index (χ0n) is 19.9. The number of fused-ring (bicyclic) bond motifs is 1. The molecule has 34 heavy (non-hydrogen) atoms. The molecular formula is C26H32N6O2. The van der Waals surface area contributed by atoms with Gasteiger partial charge in [0.1, 0.15) is 5.76 Å². The second-order valence-corrected chi connectivity index (χ2v) is 9.40. The summed E-state index contributed by atoms with van der Waals surface area (Å²) in [6.45, 7) is 5.24. The van der Waals surface area contributed by atoms with E-state index in [0.29, 0.717) is 19.1 Å². The highest BCUT2D eigenvalue weighted by atomic mass is 16.3. The highest BCUT2D eigenvalue weighted by Crippen LogP contribution is 2.32. The highest BCUT2D eigenvalue weighted by Gasteiger charge is 2.29. The Bertz CT molecular complexity index is 1290. The molecule has 0 spiro atoms. The summed E-state index contributed by atoms with van der Waals surface area (Å²) in [5, 5.41) is 14.0. The van der Waals surface area contributed by atoms with Crippen molar-refractivity contribution in [2.75, 3.05) is 0 Å². The van der Waals surface area contributed by atoms with Crippen LogP contribution < -0.4 is 5.56 Å². The Kier molecular flexibility index (Phi) is 6.58. The van der Waals surface area contributed by atoms with Gasteiger partial charge < -0.3 is 9.40 Å². The number of hydrogen-bond acceptors (Lipinski definition) is 6. The fraction of sp³-hybridized carbons (Fsp3) is 0.462. The molecule has 5 rings (SSSR count). The molecule has 1 saturated carbocycles. The minimum Gasteiger partial charge on any atom is -0.468 e. The van der Waals surface area contributed by atoms with Gasteiger partial charge in [0, 0.05) is 17.6 Å². The molecule has 178 valence electrons. The van der Waals surface area contributed by atoms with Gasteiger partial charge >= 0.3 is 0 Å². The fourth-order valence-corrected chi connectivity index (χ4v) is 5.20. The average molecular weight is 461 g/mol. The van der Waals surface area contributed by atoms with E-state index < -0.39 is 0 Å². The van der Waals surface area contributed by atoms with Gasteiger partial charge in [-0.05, 0) is 72.3 Å². The molecule has 8 heteroatoms. The Morgan fingerprint density at radius 3 is 2.79 bits per heavy atom. The molecule has 1 unspecified atom stereocenters. The van der Waals surface area contributed by atoms with Gasteiger partial charge in [-0.25, -0.2) is 4.68 Å². The number of nitrogens with zero attached hydrogens (tertiary/aromatic N) is 5. The van der Waals surface area contributed by atoms with Crippen LogP contribution in [0.1, 0.15) is 80.2 Å². The lowest BCUT2D eigenvalue weighted by atomic mass is 9.95. The van der Waals surface area contributed by atoms with Gasteiger partial charge in [0.2, 0.25) is 0 Å². The van der Waals surface area contributed by atoms with Crippen LogP contribution in [0.5, 0.6) is 0 Å². The van der Waals surface area contributed by atoms with Gasteiger partial charge in [-0.15, -0.1) is 5.10 Å². The maximum Gasteiger partial charge on any atom is 0.252 e. The lowest BCUT2D eigenvalue weighted by molar-refractivity contribution is 0.144. The van der Waals surface area contributed by atoms with E-state index in [0.717, 1.165) is 52.9 Å². The van der Waals surface area contributed by atoms with Crippen molar-refractivity contribution in [3.8, 4) is 0 Å². The molecule has 1 aliphatic carbocycles. The zero-order valence-corrected chi connectivity index (χ0v) is 19.9. The van der Waals surface area contributed by atoms with Gasteiger partial charge in [-0.2, -0.15) is 0 Å². The van der Waals surface area contributed by atoms with Crippen molar-refractivity contribution in [2.45, 2.75) is 77.5 Å².